The van der Waals surface area contributed by atoms with Crippen LogP contribution in [-0.2, 0) is 0 Å². The van der Waals surface area contributed by atoms with E-state index in [1.807, 2.05) is 24.3 Å². The predicted molar refractivity (Wildman–Crippen MR) is 89.1 cm³/mol. The summed E-state index contributed by atoms with van der Waals surface area (Å²) in [6.45, 7) is 7.01. The van der Waals surface area contributed by atoms with Crippen molar-refractivity contribution in [3.8, 4) is 5.75 Å². The van der Waals surface area contributed by atoms with Crippen molar-refractivity contribution < 1.29 is 4.74 Å². The molecule has 2 aromatic rings. The van der Waals surface area contributed by atoms with Crippen LogP contribution in [0.3, 0.4) is 0 Å². The monoisotopic (exact) mass is 285 g/mol. The molecule has 112 valence electrons. The fourth-order valence-corrected chi connectivity index (χ4v) is 2.14. The van der Waals surface area contributed by atoms with Gasteiger partial charge in [0.15, 0.2) is 5.96 Å². The summed E-state index contributed by atoms with van der Waals surface area (Å²) >= 11 is 0. The average molecular weight is 285 g/mol. The molecule has 21 heavy (non-hydrogen) atoms. The van der Waals surface area contributed by atoms with E-state index in [9.17, 15) is 0 Å². The van der Waals surface area contributed by atoms with Gasteiger partial charge in [-0.25, -0.2) is 4.99 Å². The molecule has 2 rings (SSSR count). The first-order valence-corrected chi connectivity index (χ1v) is 7.48. The van der Waals surface area contributed by atoms with Gasteiger partial charge in [0.1, 0.15) is 12.4 Å². The molecule has 2 N–H and O–H groups in total. The average Bonchev–Trinajstić information content (AvgIpc) is 2.52. The molecule has 4 nitrogen and oxygen atoms in total. The molecule has 0 amide bonds. The van der Waals surface area contributed by atoms with E-state index in [0.29, 0.717) is 13.2 Å². The number of rotatable bonds is 6. The van der Waals surface area contributed by atoms with Crippen LogP contribution in [0, 0.1) is 0 Å². The highest BCUT2D eigenvalue weighted by atomic mass is 16.5. The fraction of sp³-hybridized carbons (Fsp3) is 0.353. The minimum Gasteiger partial charge on any atom is -0.491 e. The van der Waals surface area contributed by atoms with E-state index in [4.69, 9.17) is 4.74 Å². The molecule has 0 saturated carbocycles. The fourth-order valence-electron chi connectivity index (χ4n) is 2.14. The van der Waals surface area contributed by atoms with Crippen molar-refractivity contribution in [1.29, 1.82) is 0 Å². The number of benzene rings is 2. The Hall–Kier alpha value is -2.23. The first kappa shape index (κ1) is 15.2. The molecule has 0 aromatic heterocycles. The zero-order valence-electron chi connectivity index (χ0n) is 12.7. The van der Waals surface area contributed by atoms with Crippen molar-refractivity contribution in [3.63, 3.8) is 0 Å². The van der Waals surface area contributed by atoms with Crippen LogP contribution in [0.5, 0.6) is 5.75 Å². The quantitative estimate of drug-likeness (QED) is 0.487. The van der Waals surface area contributed by atoms with Gasteiger partial charge in [0.25, 0.3) is 0 Å². The van der Waals surface area contributed by atoms with Crippen LogP contribution in [0.1, 0.15) is 13.8 Å². The largest absolute Gasteiger partial charge is 0.491 e. The van der Waals surface area contributed by atoms with Crippen LogP contribution in [0.25, 0.3) is 10.8 Å². The maximum absolute atomic E-state index is 5.86. The van der Waals surface area contributed by atoms with Gasteiger partial charge in [-0.15, -0.1) is 0 Å². The summed E-state index contributed by atoms with van der Waals surface area (Å²) in [5.41, 5.74) is 0. The van der Waals surface area contributed by atoms with Gasteiger partial charge in [0, 0.05) is 18.5 Å². The van der Waals surface area contributed by atoms with E-state index in [-0.39, 0.29) is 0 Å². The molecule has 0 aliphatic rings. The minimum absolute atomic E-state index is 0.564. The molecule has 2 aromatic carbocycles. The normalized spacial score (nSPS) is 10.2. The molecule has 0 unspecified atom stereocenters. The topological polar surface area (TPSA) is 45.7 Å². The van der Waals surface area contributed by atoms with Crippen LogP contribution >= 0.6 is 0 Å². The van der Waals surface area contributed by atoms with E-state index in [1.165, 1.54) is 5.39 Å². The number of ether oxygens (including phenoxy) is 1. The van der Waals surface area contributed by atoms with Gasteiger partial charge in [0.2, 0.25) is 0 Å². The van der Waals surface area contributed by atoms with Gasteiger partial charge in [-0.2, -0.15) is 0 Å². The van der Waals surface area contributed by atoms with Crippen LogP contribution in [0.2, 0.25) is 0 Å². The van der Waals surface area contributed by atoms with Gasteiger partial charge < -0.3 is 15.4 Å². The summed E-state index contributed by atoms with van der Waals surface area (Å²) in [5.74, 6) is 1.75. The van der Waals surface area contributed by atoms with E-state index in [2.05, 4.69) is 47.7 Å². The molecule has 0 bridgehead atoms. The molecule has 0 spiro atoms. The third-order valence-corrected chi connectivity index (χ3v) is 3.06. The molecule has 0 fully saturated rings. The van der Waals surface area contributed by atoms with Gasteiger partial charge in [-0.05, 0) is 25.3 Å². The molecule has 0 heterocycles. The molecule has 0 aliphatic heterocycles. The summed E-state index contributed by atoms with van der Waals surface area (Å²) in [5, 5.41) is 8.73. The smallest absolute Gasteiger partial charge is 0.191 e. The second-order valence-corrected chi connectivity index (χ2v) is 4.62. The van der Waals surface area contributed by atoms with Crippen molar-refractivity contribution in [1.82, 2.24) is 10.6 Å². The second-order valence-electron chi connectivity index (χ2n) is 4.62. The highest BCUT2D eigenvalue weighted by Gasteiger charge is 2.00. The number of nitrogens with zero attached hydrogens (tertiary/aromatic N) is 1. The third-order valence-electron chi connectivity index (χ3n) is 3.06. The summed E-state index contributed by atoms with van der Waals surface area (Å²) in [6, 6.07) is 14.3. The van der Waals surface area contributed by atoms with Gasteiger partial charge in [0.05, 0.1) is 6.54 Å². The minimum atomic E-state index is 0.564. The first-order valence-electron chi connectivity index (χ1n) is 7.48. The number of nitrogens with one attached hydrogen (secondary N) is 2. The maximum atomic E-state index is 5.86. The van der Waals surface area contributed by atoms with Crippen LogP contribution in [0.15, 0.2) is 47.5 Å². The van der Waals surface area contributed by atoms with Gasteiger partial charge in [-0.3, -0.25) is 0 Å². The Balaban J connectivity index is 1.94. The Bertz CT molecular complexity index is 582. The number of guanidine groups is 1. The lowest BCUT2D eigenvalue weighted by Crippen LogP contribution is -2.37. The van der Waals surface area contributed by atoms with Crippen LogP contribution in [-0.4, -0.2) is 32.2 Å². The van der Waals surface area contributed by atoms with E-state index < -0.39 is 0 Å². The highest BCUT2D eigenvalue weighted by molar-refractivity contribution is 5.88. The standard InChI is InChI=1S/C17H23N3O/c1-3-18-17(19-4-2)20-12-13-21-16-11-7-9-14-8-5-6-10-15(14)16/h5-11H,3-4,12-13H2,1-2H3,(H2,18,19,20). The maximum Gasteiger partial charge on any atom is 0.191 e. The van der Waals surface area contributed by atoms with Crippen molar-refractivity contribution in [2.75, 3.05) is 26.2 Å². The zero-order valence-corrected chi connectivity index (χ0v) is 12.7. The number of aliphatic imine (C=N–C) groups is 1. The van der Waals surface area contributed by atoms with E-state index in [1.54, 1.807) is 0 Å². The molecule has 0 saturated heterocycles. The molecular weight excluding hydrogens is 262 g/mol. The summed E-state index contributed by atoms with van der Waals surface area (Å²) in [7, 11) is 0. The SMILES string of the molecule is CCNC(=NCCOc1cccc2ccccc12)NCC. The Kier molecular flexibility index (Phi) is 5.88. The van der Waals surface area contributed by atoms with Crippen molar-refractivity contribution in [2.24, 2.45) is 4.99 Å². The zero-order chi connectivity index (χ0) is 14.9. The highest BCUT2D eigenvalue weighted by Crippen LogP contribution is 2.24. The lowest BCUT2D eigenvalue weighted by molar-refractivity contribution is 0.332. The predicted octanol–water partition coefficient (Wildman–Crippen LogP) is 2.79. The Morgan fingerprint density at radius 1 is 1.00 bits per heavy atom. The molecule has 0 aliphatic carbocycles. The molecule has 0 radical (unpaired) electrons. The number of hydrogen-bond acceptors (Lipinski definition) is 2. The van der Waals surface area contributed by atoms with E-state index in [0.717, 1.165) is 30.2 Å². The summed E-state index contributed by atoms with van der Waals surface area (Å²) in [6.07, 6.45) is 0. The van der Waals surface area contributed by atoms with Crippen LogP contribution < -0.4 is 15.4 Å². The van der Waals surface area contributed by atoms with Crippen LogP contribution in [0.4, 0.5) is 0 Å². The van der Waals surface area contributed by atoms with E-state index >= 15 is 0 Å². The Morgan fingerprint density at radius 3 is 2.48 bits per heavy atom. The molecule has 4 heteroatoms. The van der Waals surface area contributed by atoms with Crippen molar-refractivity contribution in [3.05, 3.63) is 42.5 Å². The van der Waals surface area contributed by atoms with Crippen molar-refractivity contribution >= 4 is 16.7 Å². The van der Waals surface area contributed by atoms with Crippen molar-refractivity contribution in [2.45, 2.75) is 13.8 Å². The third kappa shape index (κ3) is 4.38. The lowest BCUT2D eigenvalue weighted by Gasteiger charge is -2.10. The summed E-state index contributed by atoms with van der Waals surface area (Å²) in [4.78, 5) is 4.47. The number of fused-ring (bicyclic) bond motifs is 1. The molecule has 0 atom stereocenters. The number of hydrogen-bond donors (Lipinski definition) is 2. The first-order chi connectivity index (χ1) is 10.3. The summed E-state index contributed by atoms with van der Waals surface area (Å²) < 4.78 is 5.86. The van der Waals surface area contributed by atoms with Gasteiger partial charge in [-0.1, -0.05) is 36.4 Å². The Labute approximate surface area is 126 Å². The second kappa shape index (κ2) is 8.15. The Morgan fingerprint density at radius 2 is 1.71 bits per heavy atom. The van der Waals surface area contributed by atoms with Gasteiger partial charge >= 0.3 is 0 Å². The lowest BCUT2D eigenvalue weighted by atomic mass is 10.1. The molecular formula is C17H23N3O.